The van der Waals surface area contributed by atoms with Crippen LogP contribution >= 0.6 is 0 Å². The minimum atomic E-state index is -1.29. The summed E-state index contributed by atoms with van der Waals surface area (Å²) in [7, 11) is 0. The number of carboxylic acid groups (broad SMARTS) is 1. The first kappa shape index (κ1) is 15.4. The Kier molecular flexibility index (Phi) is 4.62. The van der Waals surface area contributed by atoms with Gasteiger partial charge in [-0.05, 0) is 24.6 Å². The average molecular weight is 304 g/mol. The molecule has 2 aromatic rings. The molecular formula is C14H13FN4O3. The summed E-state index contributed by atoms with van der Waals surface area (Å²) in [5, 5.41) is 13.3. The smallest absolute Gasteiger partial charge is 0.410 e. The molecule has 0 saturated heterocycles. The van der Waals surface area contributed by atoms with Gasteiger partial charge in [-0.15, -0.1) is 0 Å². The Hall–Kier alpha value is -3.03. The Bertz CT molecular complexity index is 691. The molecule has 0 saturated carbocycles. The van der Waals surface area contributed by atoms with Gasteiger partial charge in [-0.25, -0.2) is 19.2 Å². The summed E-state index contributed by atoms with van der Waals surface area (Å²) in [6, 6.07) is 6.60. The van der Waals surface area contributed by atoms with E-state index in [1.165, 1.54) is 18.2 Å². The second-order valence-electron chi connectivity index (χ2n) is 4.47. The lowest BCUT2D eigenvalue weighted by molar-refractivity contribution is 0.0934. The van der Waals surface area contributed by atoms with E-state index in [0.717, 1.165) is 11.9 Å². The molecule has 8 heteroatoms. The molecule has 0 aliphatic heterocycles. The first-order valence-electron chi connectivity index (χ1n) is 6.34. The van der Waals surface area contributed by atoms with Crippen LogP contribution in [0.4, 0.5) is 15.0 Å². The van der Waals surface area contributed by atoms with E-state index in [1.807, 2.05) is 5.32 Å². The molecule has 1 aromatic heterocycles. The van der Waals surface area contributed by atoms with Crippen molar-refractivity contribution in [3.05, 3.63) is 53.7 Å². The van der Waals surface area contributed by atoms with Gasteiger partial charge in [-0.3, -0.25) is 10.1 Å². The number of nitrogens with zero attached hydrogens (tertiary/aromatic N) is 2. The van der Waals surface area contributed by atoms with Gasteiger partial charge < -0.3 is 10.4 Å². The fourth-order valence-electron chi connectivity index (χ4n) is 1.76. The number of anilines is 1. The SMILES string of the molecule is C[C@H](NC(=O)c1cc(NC(=O)O)ncn1)c1ccc(F)cc1. The normalized spacial score (nSPS) is 11.5. The lowest BCUT2D eigenvalue weighted by Gasteiger charge is -2.14. The van der Waals surface area contributed by atoms with Crippen LogP contribution in [0.2, 0.25) is 0 Å². The Morgan fingerprint density at radius 3 is 2.55 bits per heavy atom. The third-order valence-corrected chi connectivity index (χ3v) is 2.85. The molecule has 0 aliphatic rings. The van der Waals surface area contributed by atoms with Gasteiger partial charge in [0.15, 0.2) is 0 Å². The van der Waals surface area contributed by atoms with E-state index in [9.17, 15) is 14.0 Å². The molecular weight excluding hydrogens is 291 g/mol. The monoisotopic (exact) mass is 304 g/mol. The second kappa shape index (κ2) is 6.61. The van der Waals surface area contributed by atoms with E-state index < -0.39 is 12.0 Å². The van der Waals surface area contributed by atoms with Crippen LogP contribution in [0.3, 0.4) is 0 Å². The lowest BCUT2D eigenvalue weighted by Crippen LogP contribution is -2.27. The molecule has 0 spiro atoms. The third kappa shape index (κ3) is 3.98. The minimum Gasteiger partial charge on any atom is -0.465 e. The highest BCUT2D eigenvalue weighted by molar-refractivity contribution is 5.93. The Morgan fingerprint density at radius 1 is 1.23 bits per heavy atom. The highest BCUT2D eigenvalue weighted by Gasteiger charge is 2.14. The number of carbonyl (C=O) groups is 2. The Morgan fingerprint density at radius 2 is 1.91 bits per heavy atom. The van der Waals surface area contributed by atoms with Crippen molar-refractivity contribution in [1.82, 2.24) is 15.3 Å². The van der Waals surface area contributed by atoms with Crippen LogP contribution in [0.25, 0.3) is 0 Å². The highest BCUT2D eigenvalue weighted by atomic mass is 19.1. The third-order valence-electron chi connectivity index (χ3n) is 2.85. The van der Waals surface area contributed by atoms with Crippen LogP contribution < -0.4 is 10.6 Å². The highest BCUT2D eigenvalue weighted by Crippen LogP contribution is 2.14. The first-order valence-corrected chi connectivity index (χ1v) is 6.34. The maximum Gasteiger partial charge on any atom is 0.410 e. The fourth-order valence-corrected chi connectivity index (χ4v) is 1.76. The Labute approximate surface area is 125 Å². The molecule has 1 atom stereocenters. The molecule has 0 unspecified atom stereocenters. The number of hydrogen-bond donors (Lipinski definition) is 3. The quantitative estimate of drug-likeness (QED) is 0.803. The molecule has 0 fully saturated rings. The van der Waals surface area contributed by atoms with Gasteiger partial charge in [-0.2, -0.15) is 0 Å². The van der Waals surface area contributed by atoms with Crippen LogP contribution in [0.1, 0.15) is 29.0 Å². The zero-order chi connectivity index (χ0) is 16.1. The van der Waals surface area contributed by atoms with Crippen molar-refractivity contribution >= 4 is 17.8 Å². The molecule has 3 N–H and O–H groups in total. The maximum atomic E-state index is 12.9. The molecule has 1 aromatic carbocycles. The summed E-state index contributed by atoms with van der Waals surface area (Å²) in [6.45, 7) is 1.74. The number of nitrogens with one attached hydrogen (secondary N) is 2. The summed E-state index contributed by atoms with van der Waals surface area (Å²) in [4.78, 5) is 30.1. The molecule has 2 amide bonds. The van der Waals surface area contributed by atoms with Crippen LogP contribution in [-0.4, -0.2) is 27.1 Å². The van der Waals surface area contributed by atoms with E-state index in [2.05, 4.69) is 15.3 Å². The van der Waals surface area contributed by atoms with Crippen LogP contribution in [-0.2, 0) is 0 Å². The second-order valence-corrected chi connectivity index (χ2v) is 4.47. The number of rotatable bonds is 4. The van der Waals surface area contributed by atoms with E-state index in [-0.39, 0.29) is 23.4 Å². The summed E-state index contributed by atoms with van der Waals surface area (Å²) in [5.74, 6) is -0.850. The van der Waals surface area contributed by atoms with Gasteiger partial charge in [0, 0.05) is 6.07 Å². The van der Waals surface area contributed by atoms with E-state index >= 15 is 0 Å². The number of benzene rings is 1. The number of aromatic nitrogens is 2. The van der Waals surface area contributed by atoms with E-state index in [1.54, 1.807) is 19.1 Å². The van der Waals surface area contributed by atoms with E-state index in [0.29, 0.717) is 0 Å². The van der Waals surface area contributed by atoms with Gasteiger partial charge in [-0.1, -0.05) is 12.1 Å². The maximum absolute atomic E-state index is 12.9. The molecule has 7 nitrogen and oxygen atoms in total. The van der Waals surface area contributed by atoms with Crippen LogP contribution in [0, 0.1) is 5.82 Å². The number of hydrogen-bond acceptors (Lipinski definition) is 4. The van der Waals surface area contributed by atoms with Crippen LogP contribution in [0.5, 0.6) is 0 Å². The lowest BCUT2D eigenvalue weighted by atomic mass is 10.1. The Balaban J connectivity index is 2.08. The van der Waals surface area contributed by atoms with Gasteiger partial charge in [0.1, 0.15) is 23.7 Å². The van der Waals surface area contributed by atoms with Crippen molar-refractivity contribution in [3.63, 3.8) is 0 Å². The van der Waals surface area contributed by atoms with Crippen molar-refractivity contribution in [2.45, 2.75) is 13.0 Å². The number of carbonyl (C=O) groups excluding carboxylic acids is 1. The molecule has 0 bridgehead atoms. The largest absolute Gasteiger partial charge is 0.465 e. The summed E-state index contributed by atoms with van der Waals surface area (Å²) < 4.78 is 12.9. The van der Waals surface area contributed by atoms with Crippen LogP contribution in [0.15, 0.2) is 36.7 Å². The van der Waals surface area contributed by atoms with Crippen molar-refractivity contribution < 1.29 is 19.1 Å². The summed E-state index contributed by atoms with van der Waals surface area (Å²) in [6.07, 6.45) is -0.201. The van der Waals surface area contributed by atoms with Crippen molar-refractivity contribution in [2.75, 3.05) is 5.32 Å². The number of halogens is 1. The topological polar surface area (TPSA) is 104 Å². The molecule has 1 heterocycles. The molecule has 0 aliphatic carbocycles. The summed E-state index contributed by atoms with van der Waals surface area (Å²) in [5.41, 5.74) is 0.750. The standard InChI is InChI=1S/C14H13FN4O3/c1-8(9-2-4-10(15)5-3-9)18-13(20)11-6-12(17-7-16-11)19-14(21)22/h2-8H,1H3,(H,18,20)(H,21,22)(H,16,17,19)/t8-/m0/s1. The number of amides is 2. The van der Waals surface area contributed by atoms with Gasteiger partial charge >= 0.3 is 6.09 Å². The van der Waals surface area contributed by atoms with Gasteiger partial charge in [0.05, 0.1) is 6.04 Å². The van der Waals surface area contributed by atoms with E-state index in [4.69, 9.17) is 5.11 Å². The molecule has 0 radical (unpaired) electrons. The predicted molar refractivity (Wildman–Crippen MR) is 76.0 cm³/mol. The first-order chi connectivity index (χ1) is 10.5. The predicted octanol–water partition coefficient (Wildman–Crippen LogP) is 2.20. The zero-order valence-corrected chi connectivity index (χ0v) is 11.6. The summed E-state index contributed by atoms with van der Waals surface area (Å²) >= 11 is 0. The molecule has 2 rings (SSSR count). The van der Waals surface area contributed by atoms with Crippen molar-refractivity contribution in [3.8, 4) is 0 Å². The van der Waals surface area contributed by atoms with Gasteiger partial charge in [0.25, 0.3) is 5.91 Å². The fraction of sp³-hybridized carbons (Fsp3) is 0.143. The molecule has 114 valence electrons. The van der Waals surface area contributed by atoms with Crippen molar-refractivity contribution in [1.29, 1.82) is 0 Å². The molecule has 22 heavy (non-hydrogen) atoms. The van der Waals surface area contributed by atoms with Gasteiger partial charge in [0.2, 0.25) is 0 Å². The zero-order valence-electron chi connectivity index (χ0n) is 11.6. The average Bonchev–Trinajstić information content (AvgIpc) is 2.47. The minimum absolute atomic E-state index is 0.00193. The van der Waals surface area contributed by atoms with Crippen molar-refractivity contribution in [2.24, 2.45) is 0 Å².